The van der Waals surface area contributed by atoms with E-state index in [1.165, 1.54) is 30.0 Å². The first-order valence-corrected chi connectivity index (χ1v) is 12.5. The zero-order valence-electron chi connectivity index (χ0n) is 16.8. The number of fused-ring (bicyclic) bond motifs is 1. The molecule has 10 nitrogen and oxygen atoms in total. The summed E-state index contributed by atoms with van der Waals surface area (Å²) in [7, 11) is 0. The molecule has 2 saturated heterocycles. The summed E-state index contributed by atoms with van der Waals surface area (Å²) >= 11 is 4.43. The van der Waals surface area contributed by atoms with E-state index in [-0.39, 0.29) is 35.7 Å². The number of allylic oxidation sites excluding steroid dienone is 1. The van der Waals surface area contributed by atoms with Gasteiger partial charge in [-0.05, 0) is 12.5 Å². The molecule has 2 amide bonds. The average Bonchev–Trinajstić information content (AvgIpc) is 3.12. The Balaban J connectivity index is 1.45. The molecule has 0 bridgehead atoms. The number of carbonyl (C=O) groups is 3. The number of nitrogens with zero attached hydrogens (tertiary/aromatic N) is 3. The molecule has 1 aromatic rings. The van der Waals surface area contributed by atoms with Gasteiger partial charge in [-0.2, -0.15) is 11.8 Å². The Hall–Kier alpha value is -2.25. The SMILES string of the molecule is CC(=O)OCC1=C(C)N2C(=O)[C@@H](NC(=O)C(=NOC3CSC3)c3csc(N)n3)[C@H]2SC1. The van der Waals surface area contributed by atoms with Gasteiger partial charge in [0.2, 0.25) is 0 Å². The molecule has 3 N–H and O–H groups in total. The summed E-state index contributed by atoms with van der Waals surface area (Å²) in [5, 5.41) is 8.50. The Kier molecular flexibility index (Phi) is 6.44. The third kappa shape index (κ3) is 4.53. The summed E-state index contributed by atoms with van der Waals surface area (Å²) in [6, 6.07) is -0.692. The lowest BCUT2D eigenvalue weighted by molar-refractivity contribution is -0.145. The number of nitrogens with two attached hydrogens (primary N) is 1. The molecule has 4 rings (SSSR count). The maximum Gasteiger partial charge on any atom is 0.302 e. The Labute approximate surface area is 191 Å². The van der Waals surface area contributed by atoms with E-state index in [1.807, 2.05) is 6.92 Å². The van der Waals surface area contributed by atoms with E-state index in [9.17, 15) is 14.4 Å². The number of thiazole rings is 1. The summed E-state index contributed by atoms with van der Waals surface area (Å²) in [6.45, 7) is 3.31. The van der Waals surface area contributed by atoms with Gasteiger partial charge in [-0.1, -0.05) is 5.16 Å². The molecule has 31 heavy (non-hydrogen) atoms. The van der Waals surface area contributed by atoms with E-state index in [4.69, 9.17) is 15.3 Å². The maximum atomic E-state index is 13.0. The molecular weight excluding hydrogens is 462 g/mol. The third-order valence-electron chi connectivity index (χ3n) is 4.96. The lowest BCUT2D eigenvalue weighted by Gasteiger charge is -2.50. The van der Waals surface area contributed by atoms with Crippen LogP contribution in [0.1, 0.15) is 19.5 Å². The van der Waals surface area contributed by atoms with E-state index < -0.39 is 11.9 Å². The molecule has 3 aliphatic heterocycles. The summed E-state index contributed by atoms with van der Waals surface area (Å²) in [4.78, 5) is 48.0. The number of esters is 1. The molecule has 166 valence electrons. The first kappa shape index (κ1) is 22.0. The predicted molar refractivity (Wildman–Crippen MR) is 120 cm³/mol. The summed E-state index contributed by atoms with van der Waals surface area (Å²) in [5.41, 5.74) is 7.65. The number of nitrogen functional groups attached to an aromatic ring is 1. The van der Waals surface area contributed by atoms with Gasteiger partial charge in [0.1, 0.15) is 29.8 Å². The molecule has 0 spiro atoms. The Morgan fingerprint density at radius 3 is 2.81 bits per heavy atom. The lowest BCUT2D eigenvalue weighted by atomic mass is 10.0. The van der Waals surface area contributed by atoms with Crippen molar-refractivity contribution in [2.75, 3.05) is 29.6 Å². The molecule has 0 unspecified atom stereocenters. The number of β-lactam (4-membered cyclic amide) rings is 1. The molecule has 2 fully saturated rings. The van der Waals surface area contributed by atoms with Crippen LogP contribution in [0.5, 0.6) is 0 Å². The van der Waals surface area contributed by atoms with Crippen LogP contribution < -0.4 is 11.1 Å². The van der Waals surface area contributed by atoms with E-state index in [0.717, 1.165) is 22.8 Å². The zero-order valence-corrected chi connectivity index (χ0v) is 19.3. The molecule has 0 saturated carbocycles. The van der Waals surface area contributed by atoms with Crippen LogP contribution in [0.25, 0.3) is 0 Å². The maximum absolute atomic E-state index is 13.0. The highest BCUT2D eigenvalue weighted by molar-refractivity contribution is 8.00. The number of anilines is 1. The van der Waals surface area contributed by atoms with Gasteiger partial charge in [-0.25, -0.2) is 4.98 Å². The number of aromatic nitrogens is 1. The van der Waals surface area contributed by atoms with E-state index >= 15 is 0 Å². The second-order valence-electron chi connectivity index (χ2n) is 7.11. The number of thioether (sulfide) groups is 2. The molecule has 0 aromatic carbocycles. The third-order valence-corrected chi connectivity index (χ3v) is 8.19. The van der Waals surface area contributed by atoms with Gasteiger partial charge in [0.05, 0.1) is 0 Å². The first-order valence-electron chi connectivity index (χ1n) is 9.45. The van der Waals surface area contributed by atoms with Crippen molar-refractivity contribution in [3.05, 3.63) is 22.3 Å². The van der Waals surface area contributed by atoms with Crippen molar-refractivity contribution in [1.82, 2.24) is 15.2 Å². The van der Waals surface area contributed by atoms with Crippen molar-refractivity contribution in [3.63, 3.8) is 0 Å². The van der Waals surface area contributed by atoms with Crippen molar-refractivity contribution in [1.29, 1.82) is 0 Å². The largest absolute Gasteiger partial charge is 0.461 e. The van der Waals surface area contributed by atoms with Crippen molar-refractivity contribution in [3.8, 4) is 0 Å². The van der Waals surface area contributed by atoms with E-state index in [1.54, 1.807) is 22.0 Å². The van der Waals surface area contributed by atoms with Gasteiger partial charge >= 0.3 is 5.97 Å². The summed E-state index contributed by atoms with van der Waals surface area (Å²) < 4.78 is 5.06. The monoisotopic (exact) mass is 483 g/mol. The molecule has 3 aliphatic rings. The van der Waals surface area contributed by atoms with E-state index in [2.05, 4.69) is 15.5 Å². The van der Waals surface area contributed by atoms with Gasteiger partial charge in [-0.15, -0.1) is 23.1 Å². The molecular formula is C18H21N5O5S3. The van der Waals surface area contributed by atoms with Gasteiger partial charge in [0, 0.05) is 35.3 Å². The van der Waals surface area contributed by atoms with Crippen LogP contribution in [0.4, 0.5) is 5.13 Å². The minimum atomic E-state index is -0.692. The highest BCUT2D eigenvalue weighted by Gasteiger charge is 2.52. The lowest BCUT2D eigenvalue weighted by Crippen LogP contribution is -2.70. The van der Waals surface area contributed by atoms with Crippen molar-refractivity contribution in [2.45, 2.75) is 31.4 Å². The number of amides is 2. The molecule has 13 heteroatoms. The first-order chi connectivity index (χ1) is 14.8. The van der Waals surface area contributed by atoms with Gasteiger partial charge in [0.15, 0.2) is 10.8 Å². The van der Waals surface area contributed by atoms with Crippen LogP contribution in [0, 0.1) is 0 Å². The normalized spacial score (nSPS) is 23.6. The zero-order chi connectivity index (χ0) is 22.1. The molecule has 0 aliphatic carbocycles. The summed E-state index contributed by atoms with van der Waals surface area (Å²) in [5.74, 6) is 1.09. The highest BCUT2D eigenvalue weighted by Crippen LogP contribution is 2.40. The van der Waals surface area contributed by atoms with Crippen LogP contribution in [-0.4, -0.2) is 74.8 Å². The van der Waals surface area contributed by atoms with Crippen LogP contribution in [0.3, 0.4) is 0 Å². The van der Waals surface area contributed by atoms with Crippen LogP contribution >= 0.6 is 34.9 Å². The number of ether oxygens (including phenoxy) is 1. The van der Waals surface area contributed by atoms with Crippen LogP contribution in [-0.2, 0) is 24.0 Å². The van der Waals surface area contributed by atoms with Crippen molar-refractivity contribution >= 4 is 63.5 Å². The smallest absolute Gasteiger partial charge is 0.302 e. The molecule has 2 atom stereocenters. The number of oxime groups is 1. The van der Waals surface area contributed by atoms with Crippen molar-refractivity contribution in [2.24, 2.45) is 5.16 Å². The Morgan fingerprint density at radius 1 is 1.42 bits per heavy atom. The fraction of sp³-hybridized carbons (Fsp3) is 0.500. The van der Waals surface area contributed by atoms with E-state index in [0.29, 0.717) is 16.6 Å². The summed E-state index contributed by atoms with van der Waals surface area (Å²) in [6.07, 6.45) is -0.0399. The average molecular weight is 484 g/mol. The minimum absolute atomic E-state index is 0.000259. The van der Waals surface area contributed by atoms with Gasteiger partial charge in [0.25, 0.3) is 11.8 Å². The Morgan fingerprint density at radius 2 is 2.19 bits per heavy atom. The number of hydrogen-bond acceptors (Lipinski definition) is 11. The molecule has 0 radical (unpaired) electrons. The number of rotatable bonds is 7. The highest BCUT2D eigenvalue weighted by atomic mass is 32.2. The fourth-order valence-electron chi connectivity index (χ4n) is 3.13. The van der Waals surface area contributed by atoms with Gasteiger partial charge in [-0.3, -0.25) is 19.3 Å². The second kappa shape index (κ2) is 9.09. The molecule has 4 heterocycles. The minimum Gasteiger partial charge on any atom is -0.461 e. The second-order valence-corrected chi connectivity index (χ2v) is 10.2. The Bertz CT molecular complexity index is 974. The topological polar surface area (TPSA) is 136 Å². The van der Waals surface area contributed by atoms with Crippen LogP contribution in [0.15, 0.2) is 21.8 Å². The standard InChI is InChI=1S/C18H21N5O5S3/c1-8-10(3-27-9(2)24)4-30-17-14(16(26)23(8)17)21-15(25)13(12-7-31-18(19)20-12)22-28-11-5-29-6-11/h7,11,14,17H,3-6H2,1-2H3,(H2,19,20)(H,21,25)/t14-,17-/m1/s1. The quantitative estimate of drug-likeness (QED) is 0.250. The van der Waals surface area contributed by atoms with Gasteiger partial charge < -0.3 is 20.6 Å². The molecule has 1 aromatic heterocycles. The fourth-order valence-corrected chi connectivity index (χ4v) is 5.68. The predicted octanol–water partition coefficient (Wildman–Crippen LogP) is 0.798. The number of hydrogen-bond donors (Lipinski definition) is 2. The van der Waals surface area contributed by atoms with Crippen LogP contribution in [0.2, 0.25) is 0 Å². The number of nitrogens with one attached hydrogen (secondary N) is 1. The van der Waals surface area contributed by atoms with Crippen molar-refractivity contribution < 1.29 is 24.0 Å². The number of carbonyl (C=O) groups excluding carboxylic acids is 3.